The number of fused-ring (bicyclic) bond motifs is 3. The van der Waals surface area contributed by atoms with Crippen molar-refractivity contribution < 1.29 is 13.9 Å². The van der Waals surface area contributed by atoms with Gasteiger partial charge in [-0.1, -0.05) is 23.5 Å². The third-order valence-electron chi connectivity index (χ3n) is 5.60. The molecule has 144 valence electrons. The summed E-state index contributed by atoms with van der Waals surface area (Å²) in [6.45, 7) is 4.34. The Morgan fingerprint density at radius 3 is 2.75 bits per heavy atom. The largest absolute Gasteiger partial charge is 0.431 e. The van der Waals surface area contributed by atoms with Crippen LogP contribution in [-0.4, -0.2) is 45.9 Å². The molecule has 0 radical (unpaired) electrons. The van der Waals surface area contributed by atoms with E-state index in [-0.39, 0.29) is 11.7 Å². The Kier molecular flexibility index (Phi) is 4.29. The molecule has 2 aliphatic heterocycles. The van der Waals surface area contributed by atoms with Crippen molar-refractivity contribution >= 4 is 27.5 Å². The molecule has 0 N–H and O–H groups in total. The number of nitrogens with zero attached hydrogens (tertiary/aromatic N) is 3. The second-order valence-corrected chi connectivity index (χ2v) is 8.48. The zero-order valence-corrected chi connectivity index (χ0v) is 16.3. The predicted octanol–water partition coefficient (Wildman–Crippen LogP) is 4.03. The average Bonchev–Trinajstić information content (AvgIpc) is 3.36. The van der Waals surface area contributed by atoms with E-state index < -0.39 is 0 Å². The number of hydrogen-bond acceptors (Lipinski definition) is 5. The van der Waals surface area contributed by atoms with Crippen molar-refractivity contribution in [3.05, 3.63) is 53.8 Å². The molecule has 3 heterocycles. The summed E-state index contributed by atoms with van der Waals surface area (Å²) in [5.74, 6) is 0.607. The summed E-state index contributed by atoms with van der Waals surface area (Å²) in [5.41, 5.74) is 1.83. The maximum Gasteiger partial charge on any atom is 0.279 e. The van der Waals surface area contributed by atoms with Crippen molar-refractivity contribution in [2.24, 2.45) is 0 Å². The maximum absolute atomic E-state index is 13.3. The quantitative estimate of drug-likeness (QED) is 0.667. The number of halogens is 1. The molecular weight excluding hydrogens is 377 g/mol. The van der Waals surface area contributed by atoms with Gasteiger partial charge in [0.2, 0.25) is 5.91 Å². The first kappa shape index (κ1) is 17.6. The molecule has 0 unspecified atom stereocenters. The Bertz CT molecular complexity index is 1040. The van der Waals surface area contributed by atoms with Crippen LogP contribution in [0, 0.1) is 5.82 Å². The van der Waals surface area contributed by atoms with Crippen LogP contribution in [-0.2, 0) is 11.3 Å². The van der Waals surface area contributed by atoms with Crippen LogP contribution >= 0.6 is 11.3 Å². The van der Waals surface area contributed by atoms with Gasteiger partial charge in [-0.25, -0.2) is 9.37 Å². The number of piperazine rings is 1. The molecular formula is C21H20FN3O2S. The minimum absolute atomic E-state index is 0.186. The van der Waals surface area contributed by atoms with Gasteiger partial charge in [0.1, 0.15) is 11.6 Å². The lowest BCUT2D eigenvalue weighted by Crippen LogP contribution is -2.47. The van der Waals surface area contributed by atoms with Crippen molar-refractivity contribution in [3.63, 3.8) is 0 Å². The van der Waals surface area contributed by atoms with E-state index in [4.69, 9.17) is 4.74 Å². The van der Waals surface area contributed by atoms with E-state index in [1.807, 2.05) is 17.0 Å². The van der Waals surface area contributed by atoms with Gasteiger partial charge in [-0.2, -0.15) is 0 Å². The van der Waals surface area contributed by atoms with Crippen LogP contribution in [0.15, 0.2) is 42.5 Å². The standard InChI is InChI=1S/C21H20FN3O2S/c1-13(26)25-12-16-9-17(25)11-24(16)10-14-2-5-18(6-3-14)27-21-23-19-8-15(22)4-7-20(19)28-21/h2-8,16-17H,9-12H2,1H3/t16-,17+/m0/s1. The monoisotopic (exact) mass is 397 g/mol. The maximum atomic E-state index is 13.3. The second kappa shape index (κ2) is 6.83. The number of carbonyl (C=O) groups excluding carboxylic acids is 1. The van der Waals surface area contributed by atoms with Crippen LogP contribution in [0.5, 0.6) is 10.9 Å². The van der Waals surface area contributed by atoms with Crippen molar-refractivity contribution in [2.75, 3.05) is 13.1 Å². The predicted molar refractivity (Wildman–Crippen MR) is 106 cm³/mol. The van der Waals surface area contributed by atoms with Crippen LogP contribution in [0.3, 0.4) is 0 Å². The molecule has 28 heavy (non-hydrogen) atoms. The van der Waals surface area contributed by atoms with Gasteiger partial charge in [0.15, 0.2) is 0 Å². The van der Waals surface area contributed by atoms with Gasteiger partial charge >= 0.3 is 0 Å². The minimum atomic E-state index is -0.296. The molecule has 2 saturated heterocycles. The number of likely N-dealkylation sites (tertiary alicyclic amines) is 2. The van der Waals surface area contributed by atoms with Crippen molar-refractivity contribution in [3.8, 4) is 10.9 Å². The number of rotatable bonds is 4. The van der Waals surface area contributed by atoms with E-state index in [0.29, 0.717) is 28.5 Å². The molecule has 7 heteroatoms. The zero-order valence-electron chi connectivity index (χ0n) is 15.5. The summed E-state index contributed by atoms with van der Waals surface area (Å²) in [7, 11) is 0. The summed E-state index contributed by atoms with van der Waals surface area (Å²) in [6.07, 6.45) is 1.08. The number of ether oxygens (including phenoxy) is 1. The molecule has 1 aromatic heterocycles. The Hall–Kier alpha value is -2.51. The lowest BCUT2D eigenvalue weighted by Gasteiger charge is -2.33. The Labute approximate surface area is 166 Å². The van der Waals surface area contributed by atoms with E-state index in [1.165, 1.54) is 29.0 Å². The number of benzene rings is 2. The zero-order chi connectivity index (χ0) is 19.3. The Morgan fingerprint density at radius 2 is 2.04 bits per heavy atom. The van der Waals surface area contributed by atoms with Gasteiger partial charge in [0, 0.05) is 44.7 Å². The van der Waals surface area contributed by atoms with Gasteiger partial charge < -0.3 is 9.64 Å². The van der Waals surface area contributed by atoms with Gasteiger partial charge in [-0.15, -0.1) is 0 Å². The summed E-state index contributed by atoms with van der Waals surface area (Å²) in [4.78, 5) is 20.4. The highest BCUT2D eigenvalue weighted by molar-refractivity contribution is 7.20. The van der Waals surface area contributed by atoms with Crippen LogP contribution in [0.25, 0.3) is 10.2 Å². The van der Waals surface area contributed by atoms with E-state index in [1.54, 1.807) is 13.0 Å². The number of thiazole rings is 1. The van der Waals surface area contributed by atoms with Crippen molar-refractivity contribution in [1.29, 1.82) is 0 Å². The van der Waals surface area contributed by atoms with Crippen molar-refractivity contribution in [2.45, 2.75) is 32.0 Å². The third-order valence-corrected chi connectivity index (χ3v) is 6.52. The average molecular weight is 397 g/mol. The molecule has 1 amide bonds. The first-order valence-corrected chi connectivity index (χ1v) is 10.2. The second-order valence-electron chi connectivity index (χ2n) is 7.48. The lowest BCUT2D eigenvalue weighted by atomic mass is 10.2. The fourth-order valence-corrected chi connectivity index (χ4v) is 5.07. The topological polar surface area (TPSA) is 45.7 Å². The van der Waals surface area contributed by atoms with Crippen LogP contribution in [0.1, 0.15) is 18.9 Å². The number of amides is 1. The normalized spacial score (nSPS) is 21.6. The van der Waals surface area contributed by atoms with Crippen LogP contribution < -0.4 is 4.74 Å². The van der Waals surface area contributed by atoms with Crippen LogP contribution in [0.4, 0.5) is 4.39 Å². The first-order chi connectivity index (χ1) is 13.5. The minimum Gasteiger partial charge on any atom is -0.431 e. The summed E-state index contributed by atoms with van der Waals surface area (Å²) >= 11 is 1.40. The molecule has 0 saturated carbocycles. The smallest absolute Gasteiger partial charge is 0.279 e. The summed E-state index contributed by atoms with van der Waals surface area (Å²) < 4.78 is 20.0. The number of aromatic nitrogens is 1. The number of carbonyl (C=O) groups is 1. The molecule has 5 rings (SSSR count). The van der Waals surface area contributed by atoms with E-state index in [9.17, 15) is 9.18 Å². The molecule has 0 spiro atoms. The highest BCUT2D eigenvalue weighted by Crippen LogP contribution is 2.33. The molecule has 5 nitrogen and oxygen atoms in total. The SMILES string of the molecule is CC(=O)N1C[C@@H]2C[C@@H]1CN2Cc1ccc(Oc2nc3cc(F)ccc3s2)cc1. The molecule has 2 fully saturated rings. The van der Waals surface area contributed by atoms with Gasteiger partial charge in [0.05, 0.1) is 10.2 Å². The Morgan fingerprint density at radius 1 is 1.21 bits per heavy atom. The molecule has 0 aliphatic carbocycles. The summed E-state index contributed by atoms with van der Waals surface area (Å²) in [6, 6.07) is 13.4. The van der Waals surface area contributed by atoms with E-state index >= 15 is 0 Å². The van der Waals surface area contributed by atoms with E-state index in [0.717, 1.165) is 30.8 Å². The number of hydrogen-bond donors (Lipinski definition) is 0. The molecule has 2 atom stereocenters. The third kappa shape index (κ3) is 3.25. The Balaban J connectivity index is 1.23. The molecule has 3 aromatic rings. The van der Waals surface area contributed by atoms with Crippen molar-refractivity contribution in [1.82, 2.24) is 14.8 Å². The molecule has 2 bridgehead atoms. The van der Waals surface area contributed by atoms with Crippen LogP contribution in [0.2, 0.25) is 0 Å². The first-order valence-electron chi connectivity index (χ1n) is 9.39. The van der Waals surface area contributed by atoms with E-state index in [2.05, 4.69) is 22.0 Å². The van der Waals surface area contributed by atoms with Gasteiger partial charge in [-0.3, -0.25) is 9.69 Å². The van der Waals surface area contributed by atoms with Gasteiger partial charge in [-0.05, 0) is 36.2 Å². The molecule has 2 aromatic carbocycles. The lowest BCUT2D eigenvalue weighted by molar-refractivity contribution is -0.131. The highest BCUT2D eigenvalue weighted by atomic mass is 32.1. The molecule has 2 aliphatic rings. The fourth-order valence-electron chi connectivity index (χ4n) is 4.25. The fraction of sp³-hybridized carbons (Fsp3) is 0.333. The summed E-state index contributed by atoms with van der Waals surface area (Å²) in [5, 5.41) is 0.509. The highest BCUT2D eigenvalue weighted by Gasteiger charge is 2.43. The van der Waals surface area contributed by atoms with Gasteiger partial charge in [0.25, 0.3) is 5.19 Å².